The largest absolute Gasteiger partial charge is 0.461 e. The zero-order chi connectivity index (χ0) is 25.3. The van der Waals surface area contributed by atoms with Crippen LogP contribution in [0.25, 0.3) is 11.1 Å². The first-order chi connectivity index (χ1) is 16.1. The molecule has 34 heavy (non-hydrogen) atoms. The minimum absolute atomic E-state index is 0.0947. The predicted octanol–water partition coefficient (Wildman–Crippen LogP) is 8.96. The van der Waals surface area contributed by atoms with E-state index in [0.29, 0.717) is 18.1 Å². The van der Waals surface area contributed by atoms with Crippen molar-refractivity contribution in [1.29, 1.82) is 0 Å². The summed E-state index contributed by atoms with van der Waals surface area (Å²) in [6.07, 6.45) is -0.457. The molecule has 0 saturated heterocycles. The summed E-state index contributed by atoms with van der Waals surface area (Å²) >= 11 is 0. The van der Waals surface area contributed by atoms with Crippen LogP contribution >= 0.6 is 0 Å². The molecule has 0 bridgehead atoms. The average molecular weight is 496 g/mol. The molecular weight excluding hydrogens is 468 g/mol. The Hall–Kier alpha value is -2.32. The van der Waals surface area contributed by atoms with Crippen molar-refractivity contribution in [3.05, 3.63) is 53.8 Å². The van der Waals surface area contributed by atoms with Crippen LogP contribution in [0.15, 0.2) is 36.4 Å². The third kappa shape index (κ3) is 8.17. The van der Waals surface area contributed by atoms with Gasteiger partial charge in [-0.15, -0.1) is 0 Å². The summed E-state index contributed by atoms with van der Waals surface area (Å²) < 4.78 is 105. The van der Waals surface area contributed by atoms with Gasteiger partial charge < -0.3 is 4.74 Å². The topological polar surface area (TPSA) is 9.23 Å². The van der Waals surface area contributed by atoms with Crippen LogP contribution in [0.2, 0.25) is 0 Å². The highest BCUT2D eigenvalue weighted by molar-refractivity contribution is 5.64. The fourth-order valence-electron chi connectivity index (χ4n) is 4.02. The monoisotopic (exact) mass is 496 g/mol. The van der Waals surface area contributed by atoms with Gasteiger partial charge in [0, 0.05) is 0 Å². The summed E-state index contributed by atoms with van der Waals surface area (Å²) in [6, 6.07) is 5.71. The zero-order valence-electron chi connectivity index (χ0n) is 18.8. The van der Waals surface area contributed by atoms with Crippen LogP contribution < -0.4 is 4.74 Å². The second kappa shape index (κ2) is 13.0. The van der Waals surface area contributed by atoms with Crippen molar-refractivity contribution in [3.8, 4) is 16.9 Å². The van der Waals surface area contributed by atoms with E-state index in [4.69, 9.17) is 0 Å². The van der Waals surface area contributed by atoms with Crippen LogP contribution in [0.5, 0.6) is 5.75 Å². The summed E-state index contributed by atoms with van der Waals surface area (Å²) in [5.41, 5.74) is 0.106. The molecule has 9 heteroatoms. The number of alkyl halides is 5. The number of benzene rings is 2. The van der Waals surface area contributed by atoms with Gasteiger partial charge in [0.1, 0.15) is 5.82 Å². The Morgan fingerprint density at radius 2 is 1.35 bits per heavy atom. The van der Waals surface area contributed by atoms with Crippen molar-refractivity contribution < 1.29 is 39.9 Å². The standard InChI is InChI=1S/C14H7F7O.C11H21F/c15-9-3-1-7(2-4-9)8-5-10(16)12(11(17)6-8)22-14(20,21)13(18)19;1-2-3-10-4-6-11(7-5-10)8-9-12/h1-6,13H;10-11H,2-9H2,1H3. The molecule has 0 aliphatic heterocycles. The lowest BCUT2D eigenvalue weighted by atomic mass is 9.79. The highest BCUT2D eigenvalue weighted by Gasteiger charge is 2.45. The van der Waals surface area contributed by atoms with Crippen LogP contribution in [-0.4, -0.2) is 19.2 Å². The molecule has 0 radical (unpaired) electrons. The lowest BCUT2D eigenvalue weighted by Gasteiger charge is -2.27. The SMILES string of the molecule is CCCC1CCC(CCF)CC1.Fc1ccc(-c2cc(F)c(OC(F)(F)C(F)F)c(F)c2)cc1. The molecule has 2 aromatic carbocycles. The highest BCUT2D eigenvalue weighted by atomic mass is 19.3. The molecule has 0 heterocycles. The first kappa shape index (κ1) is 27.9. The van der Waals surface area contributed by atoms with E-state index in [1.54, 1.807) is 0 Å². The normalized spacial score (nSPS) is 18.4. The van der Waals surface area contributed by atoms with Crippen LogP contribution in [0.1, 0.15) is 51.9 Å². The molecule has 190 valence electrons. The van der Waals surface area contributed by atoms with Gasteiger partial charge in [-0.2, -0.15) is 17.6 Å². The lowest BCUT2D eigenvalue weighted by Crippen LogP contribution is -2.34. The Morgan fingerprint density at radius 1 is 0.853 bits per heavy atom. The van der Waals surface area contributed by atoms with Crippen molar-refractivity contribution in [3.63, 3.8) is 0 Å². The summed E-state index contributed by atoms with van der Waals surface area (Å²) in [5.74, 6) is -3.69. The molecule has 1 nitrogen and oxygen atoms in total. The van der Waals surface area contributed by atoms with Crippen molar-refractivity contribution in [1.82, 2.24) is 0 Å². The number of hydrogen-bond donors (Lipinski definition) is 0. The maximum Gasteiger partial charge on any atom is 0.461 e. The Morgan fingerprint density at radius 3 is 1.79 bits per heavy atom. The van der Waals surface area contributed by atoms with Crippen molar-refractivity contribution in [2.45, 2.75) is 64.4 Å². The molecule has 0 N–H and O–H groups in total. The molecule has 1 aliphatic rings. The van der Waals surface area contributed by atoms with Gasteiger partial charge >= 0.3 is 12.5 Å². The molecule has 0 atom stereocenters. The van der Waals surface area contributed by atoms with Gasteiger partial charge in [-0.25, -0.2) is 13.2 Å². The zero-order valence-corrected chi connectivity index (χ0v) is 18.8. The molecule has 1 saturated carbocycles. The second-order valence-electron chi connectivity index (χ2n) is 8.39. The maximum atomic E-state index is 13.7. The minimum atomic E-state index is -5.03. The van der Waals surface area contributed by atoms with E-state index in [0.717, 1.165) is 24.5 Å². The van der Waals surface area contributed by atoms with Gasteiger partial charge in [0.25, 0.3) is 0 Å². The van der Waals surface area contributed by atoms with Gasteiger partial charge in [-0.05, 0) is 53.6 Å². The molecule has 0 aromatic heterocycles. The van der Waals surface area contributed by atoms with E-state index in [1.165, 1.54) is 50.7 Å². The molecule has 0 amide bonds. The van der Waals surface area contributed by atoms with Crippen LogP contribution in [0, 0.1) is 29.3 Å². The number of halogens is 8. The quantitative estimate of drug-likeness (QED) is 0.332. The molecule has 1 aliphatic carbocycles. The highest BCUT2D eigenvalue weighted by Crippen LogP contribution is 2.35. The van der Waals surface area contributed by atoms with E-state index in [1.807, 2.05) is 0 Å². The third-order valence-electron chi connectivity index (χ3n) is 5.85. The summed E-state index contributed by atoms with van der Waals surface area (Å²) in [4.78, 5) is 0. The van der Waals surface area contributed by atoms with Crippen LogP contribution in [0.3, 0.4) is 0 Å². The van der Waals surface area contributed by atoms with E-state index in [2.05, 4.69) is 11.7 Å². The van der Waals surface area contributed by atoms with Crippen LogP contribution in [0.4, 0.5) is 35.1 Å². The Bertz CT molecular complexity index is 840. The second-order valence-corrected chi connectivity index (χ2v) is 8.39. The van der Waals surface area contributed by atoms with E-state index in [9.17, 15) is 35.1 Å². The number of hydrogen-bond acceptors (Lipinski definition) is 1. The molecule has 3 rings (SSSR count). The fourth-order valence-corrected chi connectivity index (χ4v) is 4.02. The number of ether oxygens (including phenoxy) is 1. The van der Waals surface area contributed by atoms with Crippen molar-refractivity contribution >= 4 is 0 Å². The van der Waals surface area contributed by atoms with Gasteiger partial charge in [0.05, 0.1) is 6.67 Å². The smallest absolute Gasteiger partial charge is 0.422 e. The summed E-state index contributed by atoms with van der Waals surface area (Å²) in [5, 5.41) is 0. The summed E-state index contributed by atoms with van der Waals surface area (Å²) in [6.45, 7) is 2.15. The van der Waals surface area contributed by atoms with Crippen molar-refractivity contribution in [2.24, 2.45) is 11.8 Å². The van der Waals surface area contributed by atoms with Crippen LogP contribution in [-0.2, 0) is 0 Å². The Labute approximate surface area is 194 Å². The summed E-state index contributed by atoms with van der Waals surface area (Å²) in [7, 11) is 0. The van der Waals surface area contributed by atoms with Crippen molar-refractivity contribution in [2.75, 3.05) is 6.67 Å². The maximum absolute atomic E-state index is 13.7. The van der Waals surface area contributed by atoms with Gasteiger partial charge in [0.15, 0.2) is 17.4 Å². The first-order valence-corrected chi connectivity index (χ1v) is 11.2. The molecule has 2 aromatic rings. The molecular formula is C25H28F8O. The van der Waals surface area contributed by atoms with E-state index in [-0.39, 0.29) is 17.8 Å². The molecule has 1 fully saturated rings. The molecule has 0 unspecified atom stereocenters. The Balaban J connectivity index is 0.000000287. The van der Waals surface area contributed by atoms with E-state index >= 15 is 0 Å². The first-order valence-electron chi connectivity index (χ1n) is 11.2. The predicted molar refractivity (Wildman–Crippen MR) is 114 cm³/mol. The van der Waals surface area contributed by atoms with Gasteiger partial charge in [-0.1, -0.05) is 57.6 Å². The number of rotatable bonds is 8. The van der Waals surface area contributed by atoms with Gasteiger partial charge in [-0.3, -0.25) is 4.39 Å². The molecule has 0 spiro atoms. The van der Waals surface area contributed by atoms with Gasteiger partial charge in [0.2, 0.25) is 0 Å². The fraction of sp³-hybridized carbons (Fsp3) is 0.520. The minimum Gasteiger partial charge on any atom is -0.422 e. The third-order valence-corrected chi connectivity index (χ3v) is 5.85. The average Bonchev–Trinajstić information content (AvgIpc) is 2.79. The lowest BCUT2D eigenvalue weighted by molar-refractivity contribution is -0.255. The Kier molecular flexibility index (Phi) is 10.6. The van der Waals surface area contributed by atoms with E-state index < -0.39 is 35.7 Å².